The van der Waals surface area contributed by atoms with Crippen molar-refractivity contribution in [3.05, 3.63) is 58.6 Å². The monoisotopic (exact) mass is 373 g/mol. The number of nitrogens with zero attached hydrogens (tertiary/aromatic N) is 4. The first kappa shape index (κ1) is 18.0. The van der Waals surface area contributed by atoms with Gasteiger partial charge in [-0.05, 0) is 34.5 Å². The zero-order valence-corrected chi connectivity index (χ0v) is 15.4. The minimum Gasteiger partial charge on any atom is -0.493 e. The average Bonchev–Trinajstić information content (AvgIpc) is 3.14. The van der Waals surface area contributed by atoms with Gasteiger partial charge in [0.2, 0.25) is 5.95 Å². The van der Waals surface area contributed by atoms with Crippen molar-refractivity contribution >= 4 is 17.5 Å². The SMILES string of the molecule is CCn1nnnc1NCc1cc(OC)c(OCc2ccccc2)cc1Cl. The van der Waals surface area contributed by atoms with Crippen LogP contribution < -0.4 is 14.8 Å². The van der Waals surface area contributed by atoms with Crippen LogP contribution in [0.25, 0.3) is 0 Å². The lowest BCUT2D eigenvalue weighted by Crippen LogP contribution is -2.08. The highest BCUT2D eigenvalue weighted by Crippen LogP contribution is 2.34. The number of anilines is 1. The molecular weight excluding hydrogens is 354 g/mol. The molecule has 0 aliphatic rings. The summed E-state index contributed by atoms with van der Waals surface area (Å²) in [5.74, 6) is 1.81. The molecule has 0 fully saturated rings. The van der Waals surface area contributed by atoms with Crippen molar-refractivity contribution in [3.8, 4) is 11.5 Å². The lowest BCUT2D eigenvalue weighted by Gasteiger charge is -2.14. The Labute approximate surface area is 156 Å². The summed E-state index contributed by atoms with van der Waals surface area (Å²) < 4.78 is 13.0. The molecule has 0 aliphatic heterocycles. The van der Waals surface area contributed by atoms with Gasteiger partial charge in [0, 0.05) is 24.2 Å². The summed E-state index contributed by atoms with van der Waals surface area (Å²) in [4.78, 5) is 0. The summed E-state index contributed by atoms with van der Waals surface area (Å²) in [6.45, 7) is 3.56. The van der Waals surface area contributed by atoms with Crippen LogP contribution in [0.3, 0.4) is 0 Å². The van der Waals surface area contributed by atoms with Crippen LogP contribution in [0.2, 0.25) is 5.02 Å². The van der Waals surface area contributed by atoms with Crippen molar-refractivity contribution in [1.29, 1.82) is 0 Å². The van der Waals surface area contributed by atoms with Gasteiger partial charge in [0.05, 0.1) is 7.11 Å². The molecular formula is C18H20ClN5O2. The maximum Gasteiger partial charge on any atom is 0.243 e. The lowest BCUT2D eigenvalue weighted by molar-refractivity contribution is 0.284. The number of nitrogens with one attached hydrogen (secondary N) is 1. The average molecular weight is 374 g/mol. The molecule has 136 valence electrons. The molecule has 2 aromatic carbocycles. The van der Waals surface area contributed by atoms with E-state index in [-0.39, 0.29) is 0 Å². The molecule has 0 saturated heterocycles. The van der Waals surface area contributed by atoms with Gasteiger partial charge in [-0.3, -0.25) is 0 Å². The van der Waals surface area contributed by atoms with Crippen LogP contribution in [-0.2, 0) is 19.7 Å². The Hall–Kier alpha value is -2.80. The molecule has 26 heavy (non-hydrogen) atoms. The maximum absolute atomic E-state index is 6.42. The molecule has 8 heteroatoms. The van der Waals surface area contributed by atoms with E-state index in [1.165, 1.54) is 0 Å². The van der Waals surface area contributed by atoms with Crippen LogP contribution in [0, 0.1) is 0 Å². The van der Waals surface area contributed by atoms with E-state index in [2.05, 4.69) is 20.8 Å². The van der Waals surface area contributed by atoms with Gasteiger partial charge in [-0.15, -0.1) is 0 Å². The van der Waals surface area contributed by atoms with Gasteiger partial charge < -0.3 is 14.8 Å². The molecule has 0 amide bonds. The van der Waals surface area contributed by atoms with Crippen LogP contribution in [-0.4, -0.2) is 27.3 Å². The van der Waals surface area contributed by atoms with Crippen LogP contribution in [0.5, 0.6) is 11.5 Å². The van der Waals surface area contributed by atoms with Crippen LogP contribution in [0.1, 0.15) is 18.1 Å². The van der Waals surface area contributed by atoms with Crippen molar-refractivity contribution in [1.82, 2.24) is 20.2 Å². The number of rotatable bonds is 8. The smallest absolute Gasteiger partial charge is 0.243 e. The normalized spacial score (nSPS) is 10.6. The highest BCUT2D eigenvalue weighted by Gasteiger charge is 2.12. The van der Waals surface area contributed by atoms with E-state index in [0.29, 0.717) is 42.2 Å². The molecule has 7 nitrogen and oxygen atoms in total. The summed E-state index contributed by atoms with van der Waals surface area (Å²) in [7, 11) is 1.60. The molecule has 0 radical (unpaired) electrons. The Morgan fingerprint density at radius 1 is 1.15 bits per heavy atom. The molecule has 0 spiro atoms. The van der Waals surface area contributed by atoms with E-state index in [0.717, 1.165) is 11.1 Å². The Kier molecular flexibility index (Phi) is 5.91. The van der Waals surface area contributed by atoms with Gasteiger partial charge >= 0.3 is 0 Å². The second kappa shape index (κ2) is 8.53. The Balaban J connectivity index is 1.72. The molecule has 1 N–H and O–H groups in total. The molecule has 0 atom stereocenters. The number of hydrogen-bond acceptors (Lipinski definition) is 6. The lowest BCUT2D eigenvalue weighted by atomic mass is 10.2. The van der Waals surface area contributed by atoms with Crippen molar-refractivity contribution in [3.63, 3.8) is 0 Å². The largest absolute Gasteiger partial charge is 0.493 e. The second-order valence-corrected chi connectivity index (χ2v) is 5.95. The van der Waals surface area contributed by atoms with E-state index >= 15 is 0 Å². The summed E-state index contributed by atoms with van der Waals surface area (Å²) in [5.41, 5.74) is 1.93. The number of aromatic nitrogens is 4. The number of halogens is 1. The summed E-state index contributed by atoms with van der Waals surface area (Å²) in [6.07, 6.45) is 0. The zero-order chi connectivity index (χ0) is 18.4. The minimum absolute atomic E-state index is 0.441. The predicted molar refractivity (Wildman–Crippen MR) is 99.6 cm³/mol. The number of hydrogen-bond donors (Lipinski definition) is 1. The molecule has 0 aliphatic carbocycles. The van der Waals surface area contributed by atoms with E-state index in [1.54, 1.807) is 17.9 Å². The topological polar surface area (TPSA) is 74.1 Å². The van der Waals surface area contributed by atoms with Gasteiger partial charge in [-0.2, -0.15) is 0 Å². The van der Waals surface area contributed by atoms with Crippen LogP contribution in [0.4, 0.5) is 5.95 Å². The van der Waals surface area contributed by atoms with Crippen molar-refractivity contribution in [2.45, 2.75) is 26.6 Å². The quantitative estimate of drug-likeness (QED) is 0.651. The van der Waals surface area contributed by atoms with Crippen molar-refractivity contribution in [2.24, 2.45) is 0 Å². The fourth-order valence-electron chi connectivity index (χ4n) is 2.44. The van der Waals surface area contributed by atoms with Gasteiger partial charge in [-0.1, -0.05) is 47.0 Å². The Bertz CT molecular complexity index is 854. The van der Waals surface area contributed by atoms with Gasteiger partial charge in [0.15, 0.2) is 11.5 Å². The number of benzene rings is 2. The fraction of sp³-hybridized carbons (Fsp3) is 0.278. The summed E-state index contributed by atoms with van der Waals surface area (Å²) in [5, 5.41) is 15.2. The molecule has 3 rings (SSSR count). The first-order valence-corrected chi connectivity index (χ1v) is 8.62. The highest BCUT2D eigenvalue weighted by atomic mass is 35.5. The zero-order valence-electron chi connectivity index (χ0n) is 14.6. The number of tetrazole rings is 1. The van der Waals surface area contributed by atoms with Gasteiger partial charge in [0.1, 0.15) is 6.61 Å². The first-order chi connectivity index (χ1) is 12.7. The molecule has 0 unspecified atom stereocenters. The van der Waals surface area contributed by atoms with Gasteiger partial charge in [0.25, 0.3) is 0 Å². The fourth-order valence-corrected chi connectivity index (χ4v) is 2.66. The minimum atomic E-state index is 0.441. The van der Waals surface area contributed by atoms with E-state index in [4.69, 9.17) is 21.1 Å². The Morgan fingerprint density at radius 2 is 1.96 bits per heavy atom. The van der Waals surface area contributed by atoms with Crippen molar-refractivity contribution < 1.29 is 9.47 Å². The first-order valence-electron chi connectivity index (χ1n) is 8.24. The van der Waals surface area contributed by atoms with E-state index in [9.17, 15) is 0 Å². The predicted octanol–water partition coefficient (Wildman–Crippen LogP) is 3.55. The number of methoxy groups -OCH3 is 1. The molecule has 1 heterocycles. The number of aryl methyl sites for hydroxylation is 1. The van der Waals surface area contributed by atoms with Crippen molar-refractivity contribution in [2.75, 3.05) is 12.4 Å². The number of ether oxygens (including phenoxy) is 2. The van der Waals surface area contributed by atoms with Gasteiger partial charge in [-0.25, -0.2) is 4.68 Å². The summed E-state index contributed by atoms with van der Waals surface area (Å²) >= 11 is 6.42. The van der Waals surface area contributed by atoms with E-state index in [1.807, 2.05) is 43.3 Å². The molecule has 0 bridgehead atoms. The molecule has 0 saturated carbocycles. The summed E-state index contributed by atoms with van der Waals surface area (Å²) in [6, 6.07) is 13.5. The second-order valence-electron chi connectivity index (χ2n) is 5.54. The highest BCUT2D eigenvalue weighted by molar-refractivity contribution is 6.31. The molecule has 3 aromatic rings. The van der Waals surface area contributed by atoms with Crippen LogP contribution >= 0.6 is 11.6 Å². The van der Waals surface area contributed by atoms with E-state index < -0.39 is 0 Å². The van der Waals surface area contributed by atoms with Crippen LogP contribution in [0.15, 0.2) is 42.5 Å². The third kappa shape index (κ3) is 4.23. The third-order valence-electron chi connectivity index (χ3n) is 3.84. The third-order valence-corrected chi connectivity index (χ3v) is 4.19. The Morgan fingerprint density at radius 3 is 2.69 bits per heavy atom. The standard InChI is InChI=1S/C18H20ClN5O2/c1-3-24-18(21-22-23-24)20-11-14-9-16(25-2)17(10-15(14)19)26-12-13-7-5-4-6-8-13/h4-10H,3,11-12H2,1-2H3,(H,20,21,23). The maximum atomic E-state index is 6.42. The molecule has 1 aromatic heterocycles.